The van der Waals surface area contributed by atoms with Crippen LogP contribution in [-0.4, -0.2) is 18.0 Å². The highest BCUT2D eigenvalue weighted by Crippen LogP contribution is 2.16. The van der Waals surface area contributed by atoms with Crippen molar-refractivity contribution in [1.29, 1.82) is 0 Å². The van der Waals surface area contributed by atoms with Crippen LogP contribution in [0.15, 0.2) is 35.0 Å². The van der Waals surface area contributed by atoms with Crippen LogP contribution in [0.1, 0.15) is 0 Å². The number of ether oxygens (including phenoxy) is 1. The normalized spacial score (nSPS) is 7.77. The molecule has 0 bridgehead atoms. The molecule has 2 nitrogen and oxygen atoms in total. The second kappa shape index (κ2) is 5.10. The molecule has 0 aliphatic heterocycles. The van der Waals surface area contributed by atoms with Gasteiger partial charge >= 0.3 is 0 Å². The van der Waals surface area contributed by atoms with Gasteiger partial charge in [0, 0.05) is 16.6 Å². The molecule has 0 saturated carbocycles. The van der Waals surface area contributed by atoms with Gasteiger partial charge < -0.3 is 4.74 Å². The molecule has 3 heteroatoms. The highest BCUT2D eigenvalue weighted by Gasteiger charge is 1.89. The molecule has 0 amide bonds. The fraction of sp³-hybridized carbons (Fsp3) is 0.100. The smallest absolute Gasteiger partial charge is 0.119 e. The van der Waals surface area contributed by atoms with Crippen LogP contribution in [0.4, 0.5) is 5.69 Å². The summed E-state index contributed by atoms with van der Waals surface area (Å²) in [5.41, 5.74) is 3.22. The summed E-state index contributed by atoms with van der Waals surface area (Å²) < 4.78 is 4.99. The van der Waals surface area contributed by atoms with Crippen molar-refractivity contribution in [3.63, 3.8) is 0 Å². The molecule has 1 aromatic rings. The Morgan fingerprint density at radius 2 is 2.00 bits per heavy atom. The van der Waals surface area contributed by atoms with Gasteiger partial charge in [-0.05, 0) is 36.5 Å². The molecule has 0 fully saturated rings. The van der Waals surface area contributed by atoms with E-state index in [9.17, 15) is 0 Å². The Kier molecular flexibility index (Phi) is 3.72. The van der Waals surface area contributed by atoms with Crippen LogP contribution in [0.5, 0.6) is 5.75 Å². The third-order valence-electron chi connectivity index (χ3n) is 1.36. The van der Waals surface area contributed by atoms with Gasteiger partial charge in [0.05, 0.1) is 12.8 Å². The highest BCUT2D eigenvalue weighted by atomic mass is 32.1. The lowest BCUT2D eigenvalue weighted by Gasteiger charge is -1.97. The maximum Gasteiger partial charge on any atom is 0.119 e. The van der Waals surface area contributed by atoms with Crippen LogP contribution in [0.3, 0.4) is 0 Å². The van der Waals surface area contributed by atoms with Crippen molar-refractivity contribution in [1.82, 2.24) is 0 Å². The minimum Gasteiger partial charge on any atom is -0.497 e. The predicted molar refractivity (Wildman–Crippen MR) is 56.2 cm³/mol. The molecule has 0 N–H and O–H groups in total. The number of rotatable bonds is 2. The van der Waals surface area contributed by atoms with E-state index in [0.717, 1.165) is 11.4 Å². The summed E-state index contributed by atoms with van der Waals surface area (Å²) in [4.78, 5) is 3.93. The molecule has 0 atom stereocenters. The Labute approximate surface area is 81.9 Å². The Balaban J connectivity index is 2.93. The van der Waals surface area contributed by atoms with Gasteiger partial charge in [-0.1, -0.05) is 0 Å². The number of aliphatic imine (C=N–C) groups is 1. The number of methoxy groups -OCH3 is 1. The number of hydrogen-bond acceptors (Lipinski definition) is 3. The molecule has 1 rings (SSSR count). The molecule has 0 aliphatic carbocycles. The SMILES string of the molecule is COc1ccc(N=C=C=C=S)cc1. The first-order chi connectivity index (χ1) is 6.36. The van der Waals surface area contributed by atoms with Gasteiger partial charge in [-0.15, -0.1) is 0 Å². The molecule has 64 valence electrons. The summed E-state index contributed by atoms with van der Waals surface area (Å²) in [6.45, 7) is 0. The third-order valence-corrected chi connectivity index (χ3v) is 1.47. The molecule has 0 aromatic heterocycles. The first-order valence-corrected chi connectivity index (χ1v) is 3.99. The largest absolute Gasteiger partial charge is 0.497 e. The Hall–Kier alpha value is -1.62. The van der Waals surface area contributed by atoms with Crippen LogP contribution in [0, 0.1) is 0 Å². The van der Waals surface area contributed by atoms with Crippen molar-refractivity contribution < 1.29 is 4.74 Å². The number of nitrogens with zero attached hydrogens (tertiary/aromatic N) is 1. The molecule has 0 unspecified atom stereocenters. The summed E-state index contributed by atoms with van der Waals surface area (Å²) in [6, 6.07) is 7.27. The van der Waals surface area contributed by atoms with Crippen molar-refractivity contribution in [3.8, 4) is 5.75 Å². The maximum atomic E-state index is 4.99. The van der Waals surface area contributed by atoms with Crippen molar-refractivity contribution >= 4 is 28.8 Å². The maximum absolute atomic E-state index is 4.99. The lowest BCUT2D eigenvalue weighted by molar-refractivity contribution is 0.415. The number of benzene rings is 1. The van der Waals surface area contributed by atoms with Crippen LogP contribution >= 0.6 is 12.2 Å². The molecule has 0 heterocycles. The average molecular weight is 189 g/mol. The van der Waals surface area contributed by atoms with Crippen molar-refractivity contribution in [3.05, 3.63) is 30.0 Å². The minimum atomic E-state index is 0.776. The molecule has 0 saturated heterocycles. The Morgan fingerprint density at radius 1 is 1.31 bits per heavy atom. The van der Waals surface area contributed by atoms with Crippen molar-refractivity contribution in [2.24, 2.45) is 4.99 Å². The Morgan fingerprint density at radius 3 is 2.54 bits per heavy atom. The predicted octanol–water partition coefficient (Wildman–Crippen LogP) is 2.31. The average Bonchev–Trinajstić information content (AvgIpc) is 2.19. The van der Waals surface area contributed by atoms with Gasteiger partial charge in [0.2, 0.25) is 0 Å². The molecular formula is C10H7NOS. The summed E-state index contributed by atoms with van der Waals surface area (Å²) in [5.74, 6) is 3.31. The fourth-order valence-corrected chi connectivity index (χ4v) is 0.818. The standard InChI is InChI=1S/C10H7NOS/c1-12-10-5-3-9(4-6-10)11-7-2-8-13/h3-6H,1H3. The zero-order chi connectivity index (χ0) is 9.52. The molecule has 0 radical (unpaired) electrons. The van der Waals surface area contributed by atoms with E-state index in [1.54, 1.807) is 7.11 Å². The van der Waals surface area contributed by atoms with E-state index in [2.05, 4.69) is 33.8 Å². The quantitative estimate of drug-likeness (QED) is 0.404. The van der Waals surface area contributed by atoms with Gasteiger partial charge in [0.25, 0.3) is 0 Å². The van der Waals surface area contributed by atoms with E-state index in [-0.39, 0.29) is 0 Å². The van der Waals surface area contributed by atoms with Crippen LogP contribution in [-0.2, 0) is 0 Å². The van der Waals surface area contributed by atoms with Crippen LogP contribution in [0.25, 0.3) is 0 Å². The molecular weight excluding hydrogens is 182 g/mol. The summed E-state index contributed by atoms with van der Waals surface area (Å²) in [5, 5.41) is 2.26. The van der Waals surface area contributed by atoms with Gasteiger partial charge in [-0.3, -0.25) is 0 Å². The molecule has 13 heavy (non-hydrogen) atoms. The van der Waals surface area contributed by atoms with Crippen LogP contribution < -0.4 is 4.74 Å². The zero-order valence-corrected chi connectivity index (χ0v) is 7.89. The lowest BCUT2D eigenvalue weighted by atomic mass is 10.3. The summed E-state index contributed by atoms with van der Waals surface area (Å²) in [7, 11) is 1.62. The fourth-order valence-electron chi connectivity index (χ4n) is 0.772. The third kappa shape index (κ3) is 3.08. The van der Waals surface area contributed by atoms with Gasteiger partial charge in [0.1, 0.15) is 5.75 Å². The minimum absolute atomic E-state index is 0.776. The van der Waals surface area contributed by atoms with E-state index >= 15 is 0 Å². The van der Waals surface area contributed by atoms with Crippen LogP contribution in [0.2, 0.25) is 0 Å². The van der Waals surface area contributed by atoms with Crippen molar-refractivity contribution in [2.75, 3.05) is 7.11 Å². The lowest BCUT2D eigenvalue weighted by Crippen LogP contribution is -1.79. The second-order valence-electron chi connectivity index (χ2n) is 2.15. The zero-order valence-electron chi connectivity index (χ0n) is 7.07. The monoisotopic (exact) mass is 189 g/mol. The van der Waals surface area contributed by atoms with Gasteiger partial charge in [-0.25, -0.2) is 0 Å². The summed E-state index contributed by atoms with van der Waals surface area (Å²) >= 11 is 4.40. The highest BCUT2D eigenvalue weighted by molar-refractivity contribution is 7.78. The van der Waals surface area contributed by atoms with Crippen molar-refractivity contribution in [2.45, 2.75) is 0 Å². The summed E-state index contributed by atoms with van der Waals surface area (Å²) in [6.07, 6.45) is 0. The van der Waals surface area contributed by atoms with E-state index in [1.165, 1.54) is 0 Å². The first kappa shape index (κ1) is 9.47. The van der Waals surface area contributed by atoms with E-state index < -0.39 is 0 Å². The number of thiocarbonyl (C=S) groups is 1. The second-order valence-corrected chi connectivity index (χ2v) is 2.35. The van der Waals surface area contributed by atoms with E-state index in [0.29, 0.717) is 0 Å². The molecule has 0 aliphatic rings. The first-order valence-electron chi connectivity index (χ1n) is 3.59. The topological polar surface area (TPSA) is 21.6 Å². The molecule has 1 aromatic carbocycles. The van der Waals surface area contributed by atoms with E-state index in [1.807, 2.05) is 24.3 Å². The Bertz CT molecular complexity index is 391. The number of hydrogen-bond donors (Lipinski definition) is 0. The molecule has 0 spiro atoms. The van der Waals surface area contributed by atoms with Gasteiger partial charge in [-0.2, -0.15) is 4.99 Å². The van der Waals surface area contributed by atoms with Gasteiger partial charge in [0.15, 0.2) is 0 Å². The van der Waals surface area contributed by atoms with E-state index in [4.69, 9.17) is 4.74 Å².